The molecular weight excluding hydrogens is 290 g/mol. The molecule has 6 nitrogen and oxygen atoms in total. The van der Waals surface area contributed by atoms with E-state index in [-0.39, 0.29) is 10.8 Å². The maximum Gasteiger partial charge on any atom is 0.257 e. The zero-order valence-electron chi connectivity index (χ0n) is 11.3. The highest BCUT2D eigenvalue weighted by Gasteiger charge is 2.11. The Morgan fingerprint density at radius 2 is 1.71 bits per heavy atom. The first-order valence-electron chi connectivity index (χ1n) is 6.08. The predicted octanol–water partition coefficient (Wildman–Crippen LogP) is 1.48. The molecule has 1 amide bonds. The van der Waals surface area contributed by atoms with Gasteiger partial charge < -0.3 is 11.1 Å². The summed E-state index contributed by atoms with van der Waals surface area (Å²) < 4.78 is 22.3. The summed E-state index contributed by atoms with van der Waals surface area (Å²) in [6.07, 6.45) is 0. The molecule has 110 valence electrons. The molecule has 21 heavy (non-hydrogen) atoms. The molecule has 0 spiro atoms. The Bertz CT molecular complexity index is 784. The van der Waals surface area contributed by atoms with Crippen LogP contribution in [0.25, 0.3) is 0 Å². The Hall–Kier alpha value is -2.38. The van der Waals surface area contributed by atoms with Crippen LogP contribution in [0.4, 0.5) is 11.4 Å². The molecule has 0 aromatic heterocycles. The highest BCUT2D eigenvalue weighted by Crippen LogP contribution is 2.17. The fourth-order valence-electron chi connectivity index (χ4n) is 1.82. The Labute approximate surface area is 122 Å². The van der Waals surface area contributed by atoms with E-state index in [1.807, 2.05) is 6.92 Å². The van der Waals surface area contributed by atoms with Crippen molar-refractivity contribution in [3.8, 4) is 0 Å². The minimum Gasteiger partial charge on any atom is -0.398 e. The van der Waals surface area contributed by atoms with E-state index in [0.717, 1.165) is 5.56 Å². The Morgan fingerprint density at radius 3 is 2.24 bits per heavy atom. The maximum absolute atomic E-state index is 12.1. The smallest absolute Gasteiger partial charge is 0.257 e. The molecular formula is C14H15N3O3S. The molecule has 0 heterocycles. The quantitative estimate of drug-likeness (QED) is 0.745. The summed E-state index contributed by atoms with van der Waals surface area (Å²) in [5.74, 6) is -0.365. The number of sulfonamides is 1. The lowest BCUT2D eigenvalue weighted by Gasteiger charge is -2.08. The molecule has 2 aromatic rings. The molecule has 0 saturated carbocycles. The first-order valence-corrected chi connectivity index (χ1v) is 7.62. The summed E-state index contributed by atoms with van der Waals surface area (Å²) in [4.78, 5) is 12.1. The largest absolute Gasteiger partial charge is 0.398 e. The van der Waals surface area contributed by atoms with Crippen molar-refractivity contribution in [1.82, 2.24) is 0 Å². The van der Waals surface area contributed by atoms with Crippen molar-refractivity contribution in [2.75, 3.05) is 11.1 Å². The Kier molecular flexibility index (Phi) is 3.97. The summed E-state index contributed by atoms with van der Waals surface area (Å²) >= 11 is 0. The van der Waals surface area contributed by atoms with E-state index in [9.17, 15) is 13.2 Å². The number of hydrogen-bond acceptors (Lipinski definition) is 4. The number of benzene rings is 2. The molecule has 0 unspecified atom stereocenters. The first-order chi connectivity index (χ1) is 9.77. The van der Waals surface area contributed by atoms with Gasteiger partial charge in [-0.3, -0.25) is 4.79 Å². The number of carbonyl (C=O) groups is 1. The summed E-state index contributed by atoms with van der Waals surface area (Å²) in [6, 6.07) is 10.7. The van der Waals surface area contributed by atoms with Gasteiger partial charge >= 0.3 is 0 Å². The lowest BCUT2D eigenvalue weighted by atomic mass is 10.1. The topological polar surface area (TPSA) is 115 Å². The summed E-state index contributed by atoms with van der Waals surface area (Å²) in [5, 5.41) is 7.64. The number of carbonyl (C=O) groups excluding carboxylic acids is 1. The van der Waals surface area contributed by atoms with Crippen LogP contribution in [0.3, 0.4) is 0 Å². The predicted molar refractivity (Wildman–Crippen MR) is 81.4 cm³/mol. The van der Waals surface area contributed by atoms with Crippen LogP contribution in [0, 0.1) is 6.92 Å². The van der Waals surface area contributed by atoms with Crippen LogP contribution < -0.4 is 16.2 Å². The summed E-state index contributed by atoms with van der Waals surface area (Å²) in [5.41, 5.74) is 7.95. The third-order valence-corrected chi connectivity index (χ3v) is 3.82. The second kappa shape index (κ2) is 5.55. The fraction of sp³-hybridized carbons (Fsp3) is 0.0714. The van der Waals surface area contributed by atoms with Crippen molar-refractivity contribution in [3.05, 3.63) is 53.6 Å². The molecule has 2 aromatic carbocycles. The van der Waals surface area contributed by atoms with Gasteiger partial charge in [0.25, 0.3) is 5.91 Å². The highest BCUT2D eigenvalue weighted by atomic mass is 32.2. The molecule has 0 radical (unpaired) electrons. The Morgan fingerprint density at radius 1 is 1.10 bits per heavy atom. The monoisotopic (exact) mass is 305 g/mol. The van der Waals surface area contributed by atoms with E-state index >= 15 is 0 Å². The number of hydrogen-bond donors (Lipinski definition) is 3. The number of rotatable bonds is 3. The molecule has 2 rings (SSSR count). The number of nitrogens with one attached hydrogen (secondary N) is 1. The van der Waals surface area contributed by atoms with Gasteiger partial charge in [-0.2, -0.15) is 0 Å². The van der Waals surface area contributed by atoms with E-state index in [2.05, 4.69) is 5.32 Å². The molecule has 0 fully saturated rings. The third kappa shape index (κ3) is 3.59. The average Bonchev–Trinajstić information content (AvgIpc) is 2.38. The lowest BCUT2D eigenvalue weighted by Crippen LogP contribution is -2.15. The molecule has 0 aliphatic rings. The van der Waals surface area contributed by atoms with Crippen molar-refractivity contribution in [2.45, 2.75) is 11.8 Å². The SMILES string of the molecule is Cc1ccc(C(=O)Nc2ccc(S(N)(=O)=O)cc2)c(N)c1. The van der Waals surface area contributed by atoms with Gasteiger partial charge in [-0.15, -0.1) is 0 Å². The molecule has 0 saturated heterocycles. The van der Waals surface area contributed by atoms with Crippen molar-refractivity contribution in [2.24, 2.45) is 5.14 Å². The van der Waals surface area contributed by atoms with Gasteiger partial charge in [0.05, 0.1) is 10.5 Å². The number of anilines is 2. The number of nitrogen functional groups attached to an aromatic ring is 1. The minimum atomic E-state index is -3.74. The summed E-state index contributed by atoms with van der Waals surface area (Å²) in [6.45, 7) is 1.88. The lowest BCUT2D eigenvalue weighted by molar-refractivity contribution is 0.102. The number of primary sulfonamides is 1. The number of nitrogens with two attached hydrogens (primary N) is 2. The van der Waals surface area contributed by atoms with Crippen molar-refractivity contribution in [1.29, 1.82) is 0 Å². The van der Waals surface area contributed by atoms with E-state index in [1.165, 1.54) is 24.3 Å². The van der Waals surface area contributed by atoms with E-state index in [1.54, 1.807) is 18.2 Å². The van der Waals surface area contributed by atoms with Crippen LogP contribution in [0.1, 0.15) is 15.9 Å². The zero-order valence-corrected chi connectivity index (χ0v) is 12.1. The standard InChI is InChI=1S/C14H15N3O3S/c1-9-2-7-12(13(15)8-9)14(18)17-10-3-5-11(6-4-10)21(16,19)20/h2-8H,15H2,1H3,(H,17,18)(H2,16,19,20). The van der Waals surface area contributed by atoms with Crippen LogP contribution in [-0.4, -0.2) is 14.3 Å². The molecule has 0 bridgehead atoms. The van der Waals surface area contributed by atoms with Gasteiger partial charge in [0.2, 0.25) is 10.0 Å². The van der Waals surface area contributed by atoms with E-state index in [0.29, 0.717) is 16.9 Å². The van der Waals surface area contributed by atoms with Crippen molar-refractivity contribution < 1.29 is 13.2 Å². The number of aryl methyl sites for hydroxylation is 1. The van der Waals surface area contributed by atoms with E-state index < -0.39 is 10.0 Å². The highest BCUT2D eigenvalue weighted by molar-refractivity contribution is 7.89. The maximum atomic E-state index is 12.1. The fourth-order valence-corrected chi connectivity index (χ4v) is 2.33. The van der Waals surface area contributed by atoms with Gasteiger partial charge in [0, 0.05) is 11.4 Å². The van der Waals surface area contributed by atoms with Crippen LogP contribution in [0.15, 0.2) is 47.4 Å². The molecule has 0 aliphatic carbocycles. The number of amides is 1. The van der Waals surface area contributed by atoms with E-state index in [4.69, 9.17) is 10.9 Å². The molecule has 0 atom stereocenters. The van der Waals surface area contributed by atoms with Crippen LogP contribution >= 0.6 is 0 Å². The summed E-state index contributed by atoms with van der Waals surface area (Å²) in [7, 11) is -3.74. The minimum absolute atomic E-state index is 0.0182. The average molecular weight is 305 g/mol. The van der Waals surface area contributed by atoms with Gasteiger partial charge in [-0.05, 0) is 48.9 Å². The van der Waals surface area contributed by atoms with Crippen molar-refractivity contribution >= 4 is 27.3 Å². The van der Waals surface area contributed by atoms with Crippen LogP contribution in [0.2, 0.25) is 0 Å². The molecule has 7 heteroatoms. The van der Waals surface area contributed by atoms with Gasteiger partial charge in [0.15, 0.2) is 0 Å². The third-order valence-electron chi connectivity index (χ3n) is 2.89. The van der Waals surface area contributed by atoms with Crippen molar-refractivity contribution in [3.63, 3.8) is 0 Å². The Balaban J connectivity index is 2.20. The first kappa shape index (κ1) is 15.0. The van der Waals surface area contributed by atoms with Gasteiger partial charge in [-0.25, -0.2) is 13.6 Å². The van der Waals surface area contributed by atoms with Gasteiger partial charge in [0.1, 0.15) is 0 Å². The zero-order chi connectivity index (χ0) is 15.6. The molecule has 0 aliphatic heterocycles. The second-order valence-corrected chi connectivity index (χ2v) is 6.18. The molecule has 5 N–H and O–H groups in total. The van der Waals surface area contributed by atoms with Gasteiger partial charge in [-0.1, -0.05) is 6.07 Å². The van der Waals surface area contributed by atoms with Crippen LogP contribution in [-0.2, 0) is 10.0 Å². The normalized spacial score (nSPS) is 11.1. The second-order valence-electron chi connectivity index (χ2n) is 4.61. The van der Waals surface area contributed by atoms with Crippen LogP contribution in [0.5, 0.6) is 0 Å².